The fourth-order valence-electron chi connectivity index (χ4n) is 2.28. The van der Waals surface area contributed by atoms with Crippen molar-refractivity contribution in [1.82, 2.24) is 4.90 Å². The Morgan fingerprint density at radius 1 is 1.44 bits per heavy atom. The van der Waals surface area contributed by atoms with Gasteiger partial charge in [-0.1, -0.05) is 12.1 Å². The summed E-state index contributed by atoms with van der Waals surface area (Å²) in [4.78, 5) is 15.5. The van der Waals surface area contributed by atoms with Gasteiger partial charge in [-0.2, -0.15) is 0 Å². The summed E-state index contributed by atoms with van der Waals surface area (Å²) >= 11 is 0. The minimum Gasteiger partial charge on any atom is -0.369 e. The fourth-order valence-corrected chi connectivity index (χ4v) is 2.28. The number of benzene rings is 1. The molecule has 0 atom stereocenters. The Balaban J connectivity index is 2.00. The Morgan fingerprint density at radius 3 is 2.94 bits per heavy atom. The molecule has 0 spiro atoms. The van der Waals surface area contributed by atoms with Gasteiger partial charge in [0.25, 0.3) is 0 Å². The molecule has 0 unspecified atom stereocenters. The van der Waals surface area contributed by atoms with Gasteiger partial charge in [0.1, 0.15) is 0 Å². The normalized spacial score (nSPS) is 14.4. The molecular weight excluding hydrogens is 228 g/mol. The number of amides is 1. The number of carbonyl (C=O) groups excluding carboxylic acids is 1. The molecule has 1 amide bonds. The van der Waals surface area contributed by atoms with E-state index < -0.39 is 0 Å². The minimum absolute atomic E-state index is 0.179. The summed E-state index contributed by atoms with van der Waals surface area (Å²) < 4.78 is 5.07. The summed E-state index contributed by atoms with van der Waals surface area (Å²) in [5.74, 6) is 0.179. The van der Waals surface area contributed by atoms with Gasteiger partial charge < -0.3 is 9.64 Å². The zero-order valence-corrected chi connectivity index (χ0v) is 11.3. The van der Waals surface area contributed by atoms with Gasteiger partial charge in [-0.15, -0.1) is 0 Å². The number of methoxy groups -OCH3 is 1. The number of anilines is 1. The van der Waals surface area contributed by atoms with Gasteiger partial charge in [0, 0.05) is 26.4 Å². The van der Waals surface area contributed by atoms with Crippen molar-refractivity contribution in [2.45, 2.75) is 12.8 Å². The van der Waals surface area contributed by atoms with Crippen molar-refractivity contribution in [3.05, 3.63) is 29.3 Å². The van der Waals surface area contributed by atoms with Crippen LogP contribution in [0.5, 0.6) is 0 Å². The molecule has 0 aromatic heterocycles. The average molecular weight is 248 g/mol. The minimum atomic E-state index is 0.179. The summed E-state index contributed by atoms with van der Waals surface area (Å²) in [5, 5.41) is 0. The lowest BCUT2D eigenvalue weighted by Crippen LogP contribution is -2.23. The van der Waals surface area contributed by atoms with E-state index in [9.17, 15) is 4.79 Å². The van der Waals surface area contributed by atoms with Crippen molar-refractivity contribution in [3.63, 3.8) is 0 Å². The maximum absolute atomic E-state index is 11.6. The number of carbonyl (C=O) groups is 1. The summed E-state index contributed by atoms with van der Waals surface area (Å²) in [7, 11) is 5.57. The Bertz CT molecular complexity index is 445. The van der Waals surface area contributed by atoms with Crippen LogP contribution >= 0.6 is 0 Å². The zero-order valence-electron chi connectivity index (χ0n) is 11.3. The maximum Gasteiger partial charge on any atom is 0.231 e. The SMILES string of the molecule is COCN(C)CCc1ccc2c(c1)CC(=O)N2C. The molecule has 98 valence electrons. The van der Waals surface area contributed by atoms with Gasteiger partial charge in [0.2, 0.25) is 5.91 Å². The molecule has 1 heterocycles. The Labute approximate surface area is 108 Å². The van der Waals surface area contributed by atoms with E-state index in [0.29, 0.717) is 13.2 Å². The smallest absolute Gasteiger partial charge is 0.231 e. The van der Waals surface area contributed by atoms with Gasteiger partial charge in [0.15, 0.2) is 0 Å². The Hall–Kier alpha value is -1.39. The van der Waals surface area contributed by atoms with Gasteiger partial charge in [-0.3, -0.25) is 9.69 Å². The van der Waals surface area contributed by atoms with E-state index in [1.807, 2.05) is 20.2 Å². The molecule has 1 aliphatic rings. The molecule has 4 nitrogen and oxygen atoms in total. The van der Waals surface area contributed by atoms with Crippen molar-refractivity contribution in [2.24, 2.45) is 0 Å². The fraction of sp³-hybridized carbons (Fsp3) is 0.500. The first-order valence-corrected chi connectivity index (χ1v) is 6.17. The monoisotopic (exact) mass is 248 g/mol. The van der Waals surface area contributed by atoms with Crippen molar-refractivity contribution >= 4 is 11.6 Å². The first-order valence-electron chi connectivity index (χ1n) is 6.17. The van der Waals surface area contributed by atoms with Crippen LogP contribution in [0.3, 0.4) is 0 Å². The predicted molar refractivity (Wildman–Crippen MR) is 71.8 cm³/mol. The molecule has 0 saturated heterocycles. The molecular formula is C14H20N2O2. The summed E-state index contributed by atoms with van der Waals surface area (Å²) in [6.45, 7) is 1.60. The molecule has 0 saturated carbocycles. The second-order valence-corrected chi connectivity index (χ2v) is 4.84. The van der Waals surface area contributed by atoms with Crippen molar-refractivity contribution in [2.75, 3.05) is 39.4 Å². The molecule has 2 rings (SSSR count). The highest BCUT2D eigenvalue weighted by atomic mass is 16.5. The highest BCUT2D eigenvalue weighted by molar-refractivity contribution is 6.00. The van der Waals surface area contributed by atoms with Crippen LogP contribution in [0.15, 0.2) is 18.2 Å². The quantitative estimate of drug-likeness (QED) is 0.736. The third-order valence-corrected chi connectivity index (χ3v) is 3.35. The number of fused-ring (bicyclic) bond motifs is 1. The molecule has 18 heavy (non-hydrogen) atoms. The van der Waals surface area contributed by atoms with Gasteiger partial charge >= 0.3 is 0 Å². The number of likely N-dealkylation sites (N-methyl/N-ethyl adjacent to an activating group) is 2. The number of hydrogen-bond acceptors (Lipinski definition) is 3. The maximum atomic E-state index is 11.6. The summed E-state index contributed by atoms with van der Waals surface area (Å²) in [6.07, 6.45) is 1.51. The second kappa shape index (κ2) is 5.50. The average Bonchev–Trinajstić information content (AvgIpc) is 2.63. The van der Waals surface area contributed by atoms with Crippen molar-refractivity contribution in [1.29, 1.82) is 0 Å². The molecule has 0 bridgehead atoms. The van der Waals surface area contributed by atoms with Gasteiger partial charge in [-0.05, 0) is 30.7 Å². The van der Waals surface area contributed by atoms with Crippen LogP contribution in [0.2, 0.25) is 0 Å². The molecule has 1 aromatic carbocycles. The van der Waals surface area contributed by atoms with Gasteiger partial charge in [0.05, 0.1) is 13.2 Å². The van der Waals surface area contributed by atoms with Crippen molar-refractivity contribution < 1.29 is 9.53 Å². The van der Waals surface area contributed by atoms with E-state index in [1.165, 1.54) is 5.56 Å². The Kier molecular flexibility index (Phi) is 3.99. The number of nitrogens with zero attached hydrogens (tertiary/aromatic N) is 2. The van der Waals surface area contributed by atoms with Crippen LogP contribution in [0.1, 0.15) is 11.1 Å². The number of hydrogen-bond donors (Lipinski definition) is 0. The number of rotatable bonds is 5. The first-order chi connectivity index (χ1) is 8.61. The summed E-state index contributed by atoms with van der Waals surface area (Å²) in [6, 6.07) is 6.30. The first kappa shape index (κ1) is 13.1. The zero-order chi connectivity index (χ0) is 13.1. The molecule has 0 aliphatic carbocycles. The Morgan fingerprint density at radius 2 is 2.22 bits per heavy atom. The van der Waals surface area contributed by atoms with Crippen LogP contribution in [-0.4, -0.2) is 45.3 Å². The van der Waals surface area contributed by atoms with Crippen LogP contribution in [0, 0.1) is 0 Å². The van der Waals surface area contributed by atoms with Gasteiger partial charge in [-0.25, -0.2) is 0 Å². The molecule has 0 radical (unpaired) electrons. The summed E-state index contributed by atoms with van der Waals surface area (Å²) in [5.41, 5.74) is 3.48. The lowest BCUT2D eigenvalue weighted by molar-refractivity contribution is -0.117. The number of ether oxygens (including phenoxy) is 1. The van der Waals surface area contributed by atoms with Crippen LogP contribution < -0.4 is 4.90 Å². The molecule has 1 aliphatic heterocycles. The van der Waals surface area contributed by atoms with Crippen LogP contribution in [0.25, 0.3) is 0 Å². The standard InChI is InChI=1S/C14H20N2O2/c1-15(10-18-3)7-6-11-4-5-13-12(8-11)9-14(17)16(13)2/h4-5,8H,6-7,9-10H2,1-3H3. The molecule has 0 N–H and O–H groups in total. The molecule has 4 heteroatoms. The largest absolute Gasteiger partial charge is 0.369 e. The second-order valence-electron chi connectivity index (χ2n) is 4.84. The third kappa shape index (κ3) is 2.71. The van der Waals surface area contributed by atoms with E-state index in [-0.39, 0.29) is 5.91 Å². The van der Waals surface area contributed by atoms with Crippen molar-refractivity contribution in [3.8, 4) is 0 Å². The third-order valence-electron chi connectivity index (χ3n) is 3.35. The lowest BCUT2D eigenvalue weighted by Gasteiger charge is -2.15. The highest BCUT2D eigenvalue weighted by Crippen LogP contribution is 2.28. The topological polar surface area (TPSA) is 32.8 Å². The van der Waals surface area contributed by atoms with E-state index in [0.717, 1.165) is 24.2 Å². The predicted octanol–water partition coefficient (Wildman–Crippen LogP) is 1.28. The van der Waals surface area contributed by atoms with E-state index in [2.05, 4.69) is 17.0 Å². The van der Waals surface area contributed by atoms with E-state index in [4.69, 9.17) is 4.74 Å². The van der Waals surface area contributed by atoms with E-state index in [1.54, 1.807) is 12.0 Å². The van der Waals surface area contributed by atoms with E-state index >= 15 is 0 Å². The molecule has 0 fully saturated rings. The highest BCUT2D eigenvalue weighted by Gasteiger charge is 2.23. The van der Waals surface area contributed by atoms with Crippen LogP contribution in [0.4, 0.5) is 5.69 Å². The lowest BCUT2D eigenvalue weighted by atomic mass is 10.1. The van der Waals surface area contributed by atoms with Crippen LogP contribution in [-0.2, 0) is 22.4 Å². The molecule has 1 aromatic rings.